The Kier molecular flexibility index (Phi) is 3.05. The Labute approximate surface area is 85.0 Å². The molecule has 0 heterocycles. The summed E-state index contributed by atoms with van der Waals surface area (Å²) in [5, 5.41) is 0. The summed E-state index contributed by atoms with van der Waals surface area (Å²) in [5.74, 6) is 0. The fraction of sp³-hybridized carbons (Fsp3) is 0.125. The standard InChI is InChI=1S/C8H8F3NO2S/c1-12-15(13,14)7-5-3-2-4-6(7)8(9,10)11/h2-5H,1,12H2. The summed E-state index contributed by atoms with van der Waals surface area (Å²) in [4.78, 5) is -0.771. The van der Waals surface area contributed by atoms with Gasteiger partial charge in [-0.05, 0) is 12.1 Å². The maximum Gasteiger partial charge on any atom is 0.417 e. The Morgan fingerprint density at radius 3 is 2.20 bits per heavy atom. The molecule has 1 aromatic carbocycles. The van der Waals surface area contributed by atoms with Crippen molar-refractivity contribution in [3.05, 3.63) is 36.9 Å². The van der Waals surface area contributed by atoms with E-state index in [1.165, 1.54) is 6.07 Å². The SMILES string of the molecule is [CH2-][NH2+]S(=O)(=O)c1ccccc1C(F)(F)F. The van der Waals surface area contributed by atoms with Crippen molar-refractivity contribution in [1.29, 1.82) is 0 Å². The van der Waals surface area contributed by atoms with E-state index in [0.717, 1.165) is 18.2 Å². The van der Waals surface area contributed by atoms with E-state index in [9.17, 15) is 21.6 Å². The van der Waals surface area contributed by atoms with Crippen LogP contribution in [-0.2, 0) is 16.2 Å². The molecule has 7 heteroatoms. The van der Waals surface area contributed by atoms with Crippen LogP contribution in [0.4, 0.5) is 13.2 Å². The molecular weight excluding hydrogens is 231 g/mol. The van der Waals surface area contributed by atoms with Crippen molar-refractivity contribution >= 4 is 10.0 Å². The predicted molar refractivity (Wildman–Crippen MR) is 45.9 cm³/mol. The topological polar surface area (TPSA) is 50.8 Å². The van der Waals surface area contributed by atoms with E-state index < -0.39 is 26.7 Å². The van der Waals surface area contributed by atoms with Crippen molar-refractivity contribution in [3.8, 4) is 0 Å². The first-order chi connectivity index (χ1) is 6.79. The van der Waals surface area contributed by atoms with Gasteiger partial charge in [-0.3, -0.25) is 0 Å². The number of nitrogens with two attached hydrogens (primary N) is 1. The molecule has 0 bridgehead atoms. The number of hydrogen-bond acceptors (Lipinski definition) is 2. The molecule has 0 aliphatic rings. The van der Waals surface area contributed by atoms with E-state index >= 15 is 0 Å². The van der Waals surface area contributed by atoms with Gasteiger partial charge < -0.3 is 4.72 Å². The zero-order chi connectivity index (χ0) is 11.7. The van der Waals surface area contributed by atoms with Gasteiger partial charge in [0.05, 0.1) is 5.56 Å². The van der Waals surface area contributed by atoms with Crippen LogP contribution in [-0.4, -0.2) is 8.42 Å². The van der Waals surface area contributed by atoms with E-state index in [0.29, 0.717) is 4.72 Å². The van der Waals surface area contributed by atoms with Crippen LogP contribution in [0.15, 0.2) is 29.2 Å². The van der Waals surface area contributed by atoms with Crippen molar-refractivity contribution < 1.29 is 26.3 Å². The Morgan fingerprint density at radius 2 is 1.73 bits per heavy atom. The van der Waals surface area contributed by atoms with E-state index in [4.69, 9.17) is 0 Å². The molecule has 1 aromatic rings. The largest absolute Gasteiger partial charge is 0.417 e. The van der Waals surface area contributed by atoms with Crippen molar-refractivity contribution in [1.82, 2.24) is 0 Å². The van der Waals surface area contributed by atoms with Crippen LogP contribution < -0.4 is 4.72 Å². The van der Waals surface area contributed by atoms with Crippen LogP contribution in [0, 0.1) is 7.05 Å². The number of hydrogen-bond donors (Lipinski definition) is 1. The molecule has 0 unspecified atom stereocenters. The predicted octanol–water partition coefficient (Wildman–Crippen LogP) is 0.749. The lowest BCUT2D eigenvalue weighted by Crippen LogP contribution is -2.80. The first kappa shape index (κ1) is 12.0. The number of primary sulfonamides is 1. The number of benzene rings is 1. The van der Waals surface area contributed by atoms with Gasteiger partial charge >= 0.3 is 6.18 Å². The first-order valence-corrected chi connectivity index (χ1v) is 5.37. The van der Waals surface area contributed by atoms with Crippen LogP contribution in [0.2, 0.25) is 0 Å². The summed E-state index contributed by atoms with van der Waals surface area (Å²) >= 11 is 0. The maximum atomic E-state index is 12.4. The summed E-state index contributed by atoms with van der Waals surface area (Å²) in [6, 6.07) is 3.98. The van der Waals surface area contributed by atoms with Crippen molar-refractivity contribution in [3.63, 3.8) is 0 Å². The lowest BCUT2D eigenvalue weighted by Gasteiger charge is -2.11. The fourth-order valence-corrected chi connectivity index (χ4v) is 1.98. The third-order valence-corrected chi connectivity index (χ3v) is 3.13. The van der Waals surface area contributed by atoms with Crippen molar-refractivity contribution in [2.75, 3.05) is 0 Å². The first-order valence-electron chi connectivity index (χ1n) is 3.83. The highest BCUT2D eigenvalue weighted by molar-refractivity contribution is 7.84. The highest BCUT2D eigenvalue weighted by atomic mass is 32.2. The van der Waals surface area contributed by atoms with Gasteiger partial charge in [0.15, 0.2) is 0 Å². The van der Waals surface area contributed by atoms with Crippen molar-refractivity contribution in [2.45, 2.75) is 11.1 Å². The second kappa shape index (κ2) is 3.82. The molecular formula is C8H8F3NO2S. The van der Waals surface area contributed by atoms with Crippen LogP contribution >= 0.6 is 0 Å². The lowest BCUT2D eigenvalue weighted by atomic mass is 10.2. The third-order valence-electron chi connectivity index (χ3n) is 1.72. The third kappa shape index (κ3) is 2.48. The Morgan fingerprint density at radius 1 is 1.20 bits per heavy atom. The second-order valence-electron chi connectivity index (χ2n) is 2.71. The number of rotatable bonds is 2. The summed E-state index contributed by atoms with van der Waals surface area (Å²) in [6.45, 7) is 0. The van der Waals surface area contributed by atoms with Gasteiger partial charge in [0.25, 0.3) is 10.0 Å². The fourth-order valence-electron chi connectivity index (χ4n) is 1.04. The number of alkyl halides is 3. The van der Waals surface area contributed by atoms with Crippen LogP contribution in [0.3, 0.4) is 0 Å². The normalized spacial score (nSPS) is 12.8. The van der Waals surface area contributed by atoms with Gasteiger partial charge in [-0.2, -0.15) is 21.6 Å². The minimum atomic E-state index is -4.69. The molecule has 2 N–H and O–H groups in total. The molecule has 1 rings (SSSR count). The van der Waals surface area contributed by atoms with Gasteiger partial charge in [0.1, 0.15) is 4.90 Å². The molecule has 0 atom stereocenters. The highest BCUT2D eigenvalue weighted by Crippen LogP contribution is 2.33. The van der Waals surface area contributed by atoms with E-state index in [1.807, 2.05) is 0 Å². The second-order valence-corrected chi connectivity index (χ2v) is 4.57. The minimum absolute atomic E-state index is 0.498. The molecule has 0 spiro atoms. The minimum Gasteiger partial charge on any atom is -0.367 e. The summed E-state index contributed by atoms with van der Waals surface area (Å²) in [6.07, 6.45) is -4.69. The van der Waals surface area contributed by atoms with Crippen LogP contribution in [0.5, 0.6) is 0 Å². The monoisotopic (exact) mass is 239 g/mol. The molecule has 0 aromatic heterocycles. The van der Waals surface area contributed by atoms with Crippen LogP contribution in [0.1, 0.15) is 5.56 Å². The average Bonchev–Trinajstić information content (AvgIpc) is 2.16. The molecule has 0 amide bonds. The summed E-state index contributed by atoms with van der Waals surface area (Å²) < 4.78 is 60.2. The van der Waals surface area contributed by atoms with Gasteiger partial charge in [-0.15, -0.1) is 7.05 Å². The summed E-state index contributed by atoms with van der Waals surface area (Å²) in [5.41, 5.74) is -1.18. The van der Waals surface area contributed by atoms with Gasteiger partial charge in [-0.25, -0.2) is 0 Å². The molecule has 0 aliphatic carbocycles. The summed E-state index contributed by atoms with van der Waals surface area (Å²) in [7, 11) is -1.09. The Hall–Kier alpha value is -1.08. The number of quaternary nitrogens is 1. The smallest absolute Gasteiger partial charge is 0.367 e. The van der Waals surface area contributed by atoms with E-state index in [1.54, 1.807) is 0 Å². The Balaban J connectivity index is 3.45. The zero-order valence-corrected chi connectivity index (χ0v) is 8.27. The molecule has 0 radical (unpaired) electrons. The van der Waals surface area contributed by atoms with E-state index in [2.05, 4.69) is 7.05 Å². The molecule has 3 nitrogen and oxygen atoms in total. The lowest BCUT2D eigenvalue weighted by molar-refractivity contribution is -0.424. The van der Waals surface area contributed by atoms with Gasteiger partial charge in [-0.1, -0.05) is 12.1 Å². The molecule has 0 aliphatic heterocycles. The van der Waals surface area contributed by atoms with E-state index in [-0.39, 0.29) is 0 Å². The number of sulfonamides is 1. The molecule has 0 saturated heterocycles. The Bertz CT molecular complexity index is 453. The molecule has 15 heavy (non-hydrogen) atoms. The number of halogens is 3. The maximum absolute atomic E-state index is 12.4. The average molecular weight is 239 g/mol. The zero-order valence-electron chi connectivity index (χ0n) is 7.45. The molecule has 84 valence electrons. The molecule has 0 saturated carbocycles. The van der Waals surface area contributed by atoms with Gasteiger partial charge in [0, 0.05) is 0 Å². The molecule has 0 fully saturated rings. The quantitative estimate of drug-likeness (QED) is 0.774. The van der Waals surface area contributed by atoms with Crippen molar-refractivity contribution in [2.24, 2.45) is 0 Å². The van der Waals surface area contributed by atoms with Gasteiger partial charge in [0.2, 0.25) is 0 Å². The van der Waals surface area contributed by atoms with Crippen LogP contribution in [0.25, 0.3) is 0 Å². The highest BCUT2D eigenvalue weighted by Gasteiger charge is 2.37.